The molecule has 0 saturated carbocycles. The van der Waals surface area contributed by atoms with Crippen molar-refractivity contribution in [2.75, 3.05) is 38.2 Å². The van der Waals surface area contributed by atoms with Gasteiger partial charge in [0.15, 0.2) is 0 Å². The molecule has 0 bridgehead atoms. The molecule has 3 rings (SSSR count). The highest BCUT2D eigenvalue weighted by Crippen LogP contribution is 2.26. The number of hydrogen-bond acceptors (Lipinski definition) is 5. The summed E-state index contributed by atoms with van der Waals surface area (Å²) in [6.07, 6.45) is 2.92. The third-order valence-corrected chi connectivity index (χ3v) is 4.05. The van der Waals surface area contributed by atoms with E-state index in [1.807, 2.05) is 6.20 Å². The summed E-state index contributed by atoms with van der Waals surface area (Å²) < 4.78 is 4.69. The molecule has 22 heavy (non-hydrogen) atoms. The zero-order valence-electron chi connectivity index (χ0n) is 12.8. The van der Waals surface area contributed by atoms with Gasteiger partial charge in [0.05, 0.1) is 18.3 Å². The van der Waals surface area contributed by atoms with Crippen LogP contribution >= 0.6 is 0 Å². The summed E-state index contributed by atoms with van der Waals surface area (Å²) in [4.78, 5) is 18.3. The van der Waals surface area contributed by atoms with E-state index >= 15 is 0 Å². The molecular weight excluding hydrogens is 278 g/mol. The lowest BCUT2D eigenvalue weighted by Gasteiger charge is -2.30. The fourth-order valence-corrected chi connectivity index (χ4v) is 2.84. The van der Waals surface area contributed by atoms with Gasteiger partial charge >= 0.3 is 5.97 Å². The largest absolute Gasteiger partial charge is 0.469 e. The van der Waals surface area contributed by atoms with Crippen molar-refractivity contribution in [3.63, 3.8) is 0 Å². The molecule has 1 aromatic carbocycles. The molecule has 0 amide bonds. The number of carbonyl (C=O) groups is 1. The maximum Gasteiger partial charge on any atom is 0.305 e. The summed E-state index contributed by atoms with van der Waals surface area (Å²) in [6.45, 7) is 4.02. The van der Waals surface area contributed by atoms with E-state index in [1.165, 1.54) is 12.8 Å². The molecule has 116 valence electrons. The molecule has 0 aliphatic carbocycles. The molecule has 0 unspecified atom stereocenters. The van der Waals surface area contributed by atoms with E-state index in [1.54, 1.807) is 0 Å². The van der Waals surface area contributed by atoms with Crippen LogP contribution < -0.4 is 10.2 Å². The molecule has 1 N–H and O–H groups in total. The van der Waals surface area contributed by atoms with Gasteiger partial charge < -0.3 is 15.0 Å². The van der Waals surface area contributed by atoms with Crippen LogP contribution in [0.15, 0.2) is 30.5 Å². The molecule has 5 heteroatoms. The summed E-state index contributed by atoms with van der Waals surface area (Å²) in [5.74, 6) is -0.185. The van der Waals surface area contributed by atoms with Crippen molar-refractivity contribution in [1.29, 1.82) is 0 Å². The highest BCUT2D eigenvalue weighted by atomic mass is 16.5. The molecular formula is C17H21N3O2. The van der Waals surface area contributed by atoms with Crippen LogP contribution in [-0.4, -0.2) is 44.2 Å². The highest BCUT2D eigenvalue weighted by molar-refractivity contribution is 5.91. The average molecular weight is 299 g/mol. The number of para-hydroxylation sites is 1. The predicted molar refractivity (Wildman–Crippen MR) is 87.2 cm³/mol. The summed E-state index contributed by atoms with van der Waals surface area (Å²) >= 11 is 0. The first-order valence-corrected chi connectivity index (χ1v) is 7.68. The Bertz CT molecular complexity index is 666. The number of rotatable bonds is 4. The fraction of sp³-hybridized carbons (Fsp3) is 0.412. The van der Waals surface area contributed by atoms with Crippen molar-refractivity contribution in [3.05, 3.63) is 36.0 Å². The molecule has 2 heterocycles. The molecule has 1 aromatic heterocycles. The van der Waals surface area contributed by atoms with Crippen LogP contribution in [0.25, 0.3) is 10.9 Å². The Kier molecular flexibility index (Phi) is 4.53. The van der Waals surface area contributed by atoms with Crippen LogP contribution in [0, 0.1) is 0 Å². The van der Waals surface area contributed by atoms with Crippen molar-refractivity contribution >= 4 is 22.6 Å². The van der Waals surface area contributed by atoms with E-state index in [0.717, 1.165) is 42.6 Å². The highest BCUT2D eigenvalue weighted by Gasteiger charge is 2.14. The molecule has 0 radical (unpaired) electrons. The van der Waals surface area contributed by atoms with Crippen molar-refractivity contribution in [2.24, 2.45) is 0 Å². The number of pyridine rings is 1. The quantitative estimate of drug-likeness (QED) is 0.872. The second kappa shape index (κ2) is 6.75. The lowest BCUT2D eigenvalue weighted by atomic mass is 10.1. The number of ether oxygens (including phenoxy) is 1. The number of anilines is 1. The first kappa shape index (κ1) is 14.8. The van der Waals surface area contributed by atoms with E-state index in [4.69, 9.17) is 0 Å². The molecule has 5 nitrogen and oxygen atoms in total. The van der Waals surface area contributed by atoms with E-state index < -0.39 is 0 Å². The van der Waals surface area contributed by atoms with E-state index in [-0.39, 0.29) is 5.97 Å². The first-order chi connectivity index (χ1) is 10.8. The monoisotopic (exact) mass is 299 g/mol. The number of hydrogen-bond donors (Lipinski definition) is 1. The minimum Gasteiger partial charge on any atom is -0.469 e. The van der Waals surface area contributed by atoms with Crippen LogP contribution in [0.4, 0.5) is 5.69 Å². The molecule has 1 fully saturated rings. The number of nitrogens with one attached hydrogen (secondary N) is 1. The second-order valence-corrected chi connectivity index (χ2v) is 5.51. The zero-order chi connectivity index (χ0) is 15.4. The number of esters is 1. The fourth-order valence-electron chi connectivity index (χ4n) is 2.84. The van der Waals surface area contributed by atoms with Crippen LogP contribution in [0.3, 0.4) is 0 Å². The Morgan fingerprint density at radius 1 is 1.36 bits per heavy atom. The Hall–Kier alpha value is -2.14. The number of nitrogens with zero attached hydrogens (tertiary/aromatic N) is 2. The summed E-state index contributed by atoms with van der Waals surface area (Å²) in [6, 6.07) is 8.41. The van der Waals surface area contributed by atoms with Gasteiger partial charge in [0.1, 0.15) is 0 Å². The summed E-state index contributed by atoms with van der Waals surface area (Å²) in [5, 5.41) is 4.49. The van der Waals surface area contributed by atoms with Gasteiger partial charge in [0, 0.05) is 44.2 Å². The van der Waals surface area contributed by atoms with Crippen LogP contribution in [-0.2, 0) is 16.0 Å². The normalized spacial score (nSPS) is 15.0. The van der Waals surface area contributed by atoms with Crippen molar-refractivity contribution in [3.8, 4) is 0 Å². The van der Waals surface area contributed by atoms with E-state index in [9.17, 15) is 4.79 Å². The Morgan fingerprint density at radius 3 is 2.95 bits per heavy atom. The minimum atomic E-state index is -0.185. The lowest BCUT2D eigenvalue weighted by Crippen LogP contribution is -2.43. The van der Waals surface area contributed by atoms with Crippen LogP contribution in [0.1, 0.15) is 12.0 Å². The van der Waals surface area contributed by atoms with Gasteiger partial charge in [-0.1, -0.05) is 12.1 Å². The molecule has 1 saturated heterocycles. The second-order valence-electron chi connectivity index (χ2n) is 5.51. The molecule has 0 atom stereocenters. The Labute approximate surface area is 130 Å². The third kappa shape index (κ3) is 3.20. The molecule has 1 aliphatic heterocycles. The molecule has 1 aliphatic rings. The summed E-state index contributed by atoms with van der Waals surface area (Å²) in [7, 11) is 1.42. The van der Waals surface area contributed by atoms with E-state index in [0.29, 0.717) is 12.8 Å². The third-order valence-electron chi connectivity index (χ3n) is 4.05. The number of aryl methyl sites for hydroxylation is 1. The minimum absolute atomic E-state index is 0.185. The molecule has 0 spiro atoms. The van der Waals surface area contributed by atoms with Crippen LogP contribution in [0.2, 0.25) is 0 Å². The van der Waals surface area contributed by atoms with Crippen molar-refractivity contribution in [2.45, 2.75) is 12.8 Å². The van der Waals surface area contributed by atoms with Gasteiger partial charge in [-0.25, -0.2) is 0 Å². The van der Waals surface area contributed by atoms with Gasteiger partial charge in [0.2, 0.25) is 0 Å². The van der Waals surface area contributed by atoms with Gasteiger partial charge in [-0.3, -0.25) is 9.78 Å². The van der Waals surface area contributed by atoms with Crippen molar-refractivity contribution in [1.82, 2.24) is 10.3 Å². The zero-order valence-corrected chi connectivity index (χ0v) is 12.8. The average Bonchev–Trinajstić information content (AvgIpc) is 2.59. The number of benzene rings is 1. The Balaban J connectivity index is 1.85. The summed E-state index contributed by atoms with van der Waals surface area (Å²) in [5.41, 5.74) is 3.29. The van der Waals surface area contributed by atoms with Gasteiger partial charge in [-0.15, -0.1) is 0 Å². The first-order valence-electron chi connectivity index (χ1n) is 7.68. The lowest BCUT2D eigenvalue weighted by molar-refractivity contribution is -0.140. The van der Waals surface area contributed by atoms with Crippen molar-refractivity contribution < 1.29 is 9.53 Å². The SMILES string of the molecule is COC(=O)CCc1cnc2c(N3CCNCC3)cccc2c1. The number of aromatic nitrogens is 1. The van der Waals surface area contributed by atoms with E-state index in [2.05, 4.69) is 44.2 Å². The van der Waals surface area contributed by atoms with Crippen LogP contribution in [0.5, 0.6) is 0 Å². The smallest absolute Gasteiger partial charge is 0.305 e. The number of fused-ring (bicyclic) bond motifs is 1. The van der Waals surface area contributed by atoms with Gasteiger partial charge in [-0.2, -0.15) is 0 Å². The predicted octanol–water partition coefficient (Wildman–Crippen LogP) is 1.75. The topological polar surface area (TPSA) is 54.5 Å². The van der Waals surface area contributed by atoms with Gasteiger partial charge in [0.25, 0.3) is 0 Å². The maximum absolute atomic E-state index is 11.3. The number of carbonyl (C=O) groups excluding carboxylic acids is 1. The number of methoxy groups -OCH3 is 1. The molecule has 2 aromatic rings. The maximum atomic E-state index is 11.3. The number of piperazine rings is 1. The van der Waals surface area contributed by atoms with Gasteiger partial charge in [-0.05, 0) is 24.1 Å². The standard InChI is InChI=1S/C17H21N3O2/c1-22-16(21)6-5-13-11-14-3-2-4-15(17(14)19-12-13)20-9-7-18-8-10-20/h2-4,11-12,18H,5-10H2,1H3. The Morgan fingerprint density at radius 2 is 2.18 bits per heavy atom.